The van der Waals surface area contributed by atoms with Gasteiger partial charge in [0.2, 0.25) is 0 Å². The standard InChI is InChI=1S/C19H18N2O7S2.2Na/c1-11(2)12-3-5-14(6-4-12)20-21-18-17(30(26,27)28)10-13-9-15(29(23,24)25)7-8-16(13)19(18)22;;/h3-11,22H,1-2H3,(H,23,24,25)(H,26,27,28);;/q;2*+1/p-2. The fourth-order valence-electron chi connectivity index (χ4n) is 2.81. The molecule has 3 rings (SSSR count). The van der Waals surface area contributed by atoms with Crippen LogP contribution in [0.1, 0.15) is 25.3 Å². The Morgan fingerprint density at radius 2 is 1.44 bits per heavy atom. The van der Waals surface area contributed by atoms with E-state index < -0.39 is 41.5 Å². The molecule has 0 aliphatic carbocycles. The number of hydrogen-bond acceptors (Lipinski definition) is 9. The summed E-state index contributed by atoms with van der Waals surface area (Å²) in [5, 5.41) is 18.0. The Morgan fingerprint density at radius 3 is 1.94 bits per heavy atom. The molecule has 0 spiro atoms. The van der Waals surface area contributed by atoms with Gasteiger partial charge in [0.25, 0.3) is 0 Å². The van der Waals surface area contributed by atoms with Crippen molar-refractivity contribution >= 4 is 42.4 Å². The van der Waals surface area contributed by atoms with E-state index in [2.05, 4.69) is 10.2 Å². The van der Waals surface area contributed by atoms with E-state index in [4.69, 9.17) is 0 Å². The van der Waals surface area contributed by atoms with E-state index in [1.54, 1.807) is 12.1 Å². The topological polar surface area (TPSA) is 159 Å². The molecule has 0 saturated carbocycles. The minimum Gasteiger partial charge on any atom is -0.744 e. The summed E-state index contributed by atoms with van der Waals surface area (Å²) in [5.41, 5.74) is 0.832. The molecule has 0 fully saturated rings. The van der Waals surface area contributed by atoms with Gasteiger partial charge in [0.15, 0.2) is 5.75 Å². The minimum atomic E-state index is -5.11. The number of hydrogen-bond donors (Lipinski definition) is 1. The molecule has 0 heterocycles. The van der Waals surface area contributed by atoms with Gasteiger partial charge < -0.3 is 14.2 Å². The monoisotopic (exact) mass is 494 g/mol. The molecule has 1 N–H and O–H groups in total. The van der Waals surface area contributed by atoms with Crippen molar-refractivity contribution in [3.63, 3.8) is 0 Å². The predicted octanol–water partition coefficient (Wildman–Crippen LogP) is -2.10. The average Bonchev–Trinajstić information content (AvgIpc) is 2.65. The third-order valence-corrected chi connectivity index (χ3v) is 6.09. The summed E-state index contributed by atoms with van der Waals surface area (Å²) in [6, 6.07) is 10.7. The fourth-order valence-corrected chi connectivity index (χ4v) is 3.96. The maximum Gasteiger partial charge on any atom is 1.00 e. The number of nitrogens with zero attached hydrogens (tertiary/aromatic N) is 2. The molecular formula is C19H16N2Na2O7S2. The summed E-state index contributed by atoms with van der Waals surface area (Å²) in [5.74, 6) is -0.389. The van der Waals surface area contributed by atoms with Crippen LogP contribution in [0.3, 0.4) is 0 Å². The summed E-state index contributed by atoms with van der Waals surface area (Å²) in [7, 11) is -9.93. The molecule has 0 aromatic heterocycles. The van der Waals surface area contributed by atoms with E-state index in [0.29, 0.717) is 11.6 Å². The molecule has 0 aliphatic heterocycles. The van der Waals surface area contributed by atoms with Crippen LogP contribution in [0.2, 0.25) is 0 Å². The molecule has 3 aromatic rings. The molecule has 0 unspecified atom stereocenters. The molecule has 0 amide bonds. The zero-order valence-electron chi connectivity index (χ0n) is 17.8. The Balaban J connectivity index is 0.00000256. The minimum absolute atomic E-state index is 0. The molecule has 0 bridgehead atoms. The van der Waals surface area contributed by atoms with Crippen LogP contribution in [0.4, 0.5) is 11.4 Å². The van der Waals surface area contributed by atoms with Crippen LogP contribution in [0.15, 0.2) is 68.6 Å². The number of aromatic hydroxyl groups is 1. The smallest absolute Gasteiger partial charge is 0.744 e. The first kappa shape index (κ1) is 29.2. The molecule has 32 heavy (non-hydrogen) atoms. The molecule has 13 heteroatoms. The molecule has 0 aliphatic rings. The second-order valence-electron chi connectivity index (χ2n) is 6.81. The van der Waals surface area contributed by atoms with Gasteiger partial charge in [0.1, 0.15) is 25.9 Å². The largest absolute Gasteiger partial charge is 1.00 e. The molecule has 0 radical (unpaired) electrons. The van der Waals surface area contributed by atoms with E-state index in [1.807, 2.05) is 26.0 Å². The number of azo groups is 1. The van der Waals surface area contributed by atoms with Gasteiger partial charge >= 0.3 is 59.1 Å². The van der Waals surface area contributed by atoms with Gasteiger partial charge in [-0.25, -0.2) is 16.8 Å². The maximum absolute atomic E-state index is 11.7. The van der Waals surface area contributed by atoms with Crippen LogP contribution in [0.25, 0.3) is 10.8 Å². The third-order valence-electron chi connectivity index (χ3n) is 4.41. The van der Waals surface area contributed by atoms with E-state index in [1.165, 1.54) is 0 Å². The first-order valence-corrected chi connectivity index (χ1v) is 11.4. The van der Waals surface area contributed by atoms with Crippen LogP contribution in [-0.4, -0.2) is 31.0 Å². The van der Waals surface area contributed by atoms with Gasteiger partial charge in [0, 0.05) is 5.39 Å². The summed E-state index contributed by atoms with van der Waals surface area (Å²) >= 11 is 0. The number of rotatable bonds is 5. The second-order valence-corrected chi connectivity index (χ2v) is 9.54. The summed E-state index contributed by atoms with van der Waals surface area (Å²) in [6.45, 7) is 4.02. The average molecular weight is 494 g/mol. The Labute approximate surface area is 230 Å². The summed E-state index contributed by atoms with van der Waals surface area (Å²) < 4.78 is 68.8. The van der Waals surface area contributed by atoms with Crippen molar-refractivity contribution in [1.82, 2.24) is 0 Å². The van der Waals surface area contributed by atoms with E-state index in [-0.39, 0.29) is 69.9 Å². The van der Waals surface area contributed by atoms with Crippen molar-refractivity contribution in [3.8, 4) is 5.75 Å². The summed E-state index contributed by atoms with van der Waals surface area (Å²) in [6.07, 6.45) is 0. The quantitative estimate of drug-likeness (QED) is 0.242. The zero-order chi connectivity index (χ0) is 22.3. The normalized spacial score (nSPS) is 12.0. The SMILES string of the molecule is CC(C)c1ccc(N=Nc2c(S(=O)(=O)[O-])cc3cc(S(=O)(=O)[O-])ccc3c2O)cc1.[Na+].[Na+]. The van der Waals surface area contributed by atoms with Gasteiger partial charge in [-0.15, -0.1) is 5.11 Å². The van der Waals surface area contributed by atoms with Gasteiger partial charge in [-0.05, 0) is 53.3 Å². The van der Waals surface area contributed by atoms with E-state index >= 15 is 0 Å². The van der Waals surface area contributed by atoms with Crippen LogP contribution < -0.4 is 59.1 Å². The van der Waals surface area contributed by atoms with Crippen LogP contribution in [-0.2, 0) is 20.2 Å². The van der Waals surface area contributed by atoms with Crippen molar-refractivity contribution in [2.45, 2.75) is 29.6 Å². The maximum atomic E-state index is 11.7. The first-order valence-electron chi connectivity index (χ1n) is 8.61. The first-order chi connectivity index (χ1) is 13.9. The van der Waals surface area contributed by atoms with Gasteiger partial charge in [-0.3, -0.25) is 0 Å². The van der Waals surface area contributed by atoms with Gasteiger partial charge in [0.05, 0.1) is 15.5 Å². The van der Waals surface area contributed by atoms with Crippen molar-refractivity contribution in [1.29, 1.82) is 0 Å². The molecule has 158 valence electrons. The van der Waals surface area contributed by atoms with Crippen molar-refractivity contribution < 1.29 is 90.2 Å². The Kier molecular flexibility index (Phi) is 10.1. The van der Waals surface area contributed by atoms with Crippen LogP contribution in [0, 0.1) is 0 Å². The van der Waals surface area contributed by atoms with Crippen molar-refractivity contribution in [2.75, 3.05) is 0 Å². The van der Waals surface area contributed by atoms with E-state index in [9.17, 15) is 31.0 Å². The van der Waals surface area contributed by atoms with Crippen LogP contribution >= 0.6 is 0 Å². The van der Waals surface area contributed by atoms with Gasteiger partial charge in [-0.2, -0.15) is 5.11 Å². The fraction of sp³-hybridized carbons (Fsp3) is 0.158. The van der Waals surface area contributed by atoms with E-state index in [0.717, 1.165) is 29.8 Å². The number of phenols is 1. The molecule has 0 saturated heterocycles. The Hall–Kier alpha value is -0.860. The van der Waals surface area contributed by atoms with Crippen molar-refractivity contribution in [3.05, 3.63) is 54.1 Å². The molecule has 0 atom stereocenters. The predicted molar refractivity (Wildman–Crippen MR) is 106 cm³/mol. The molecule has 3 aromatic carbocycles. The Morgan fingerprint density at radius 1 is 0.844 bits per heavy atom. The van der Waals surface area contributed by atoms with Crippen molar-refractivity contribution in [2.24, 2.45) is 10.2 Å². The second kappa shape index (κ2) is 11.0. The number of phenolic OH excluding ortho intramolecular Hbond substituents is 1. The molecule has 9 nitrogen and oxygen atoms in total. The van der Waals surface area contributed by atoms with Crippen LogP contribution in [0.5, 0.6) is 5.75 Å². The zero-order valence-corrected chi connectivity index (χ0v) is 23.4. The third kappa shape index (κ3) is 6.60. The molecular weight excluding hydrogens is 478 g/mol. The Bertz CT molecular complexity index is 1370. The number of benzene rings is 3. The summed E-state index contributed by atoms with van der Waals surface area (Å²) in [4.78, 5) is -1.53. The van der Waals surface area contributed by atoms with Gasteiger partial charge in [-0.1, -0.05) is 26.0 Å². The number of fused-ring (bicyclic) bond motifs is 1.